The van der Waals surface area contributed by atoms with Gasteiger partial charge in [-0.15, -0.1) is 0 Å². The zero-order chi connectivity index (χ0) is 14.7. The number of nitro groups is 1. The molecular formula is C15H15N3O2. The second kappa shape index (κ2) is 5.44. The Hall–Kier alpha value is -2.82. The third-order valence-electron chi connectivity index (χ3n) is 2.96. The topological polar surface area (TPSA) is 81.2 Å². The first-order valence-corrected chi connectivity index (χ1v) is 6.04. The van der Waals surface area contributed by atoms with E-state index in [2.05, 4.69) is 11.9 Å². The van der Waals surface area contributed by atoms with Gasteiger partial charge in [-0.3, -0.25) is 10.1 Å². The number of benzene rings is 2. The number of anilines is 2. The van der Waals surface area contributed by atoms with Gasteiger partial charge >= 0.3 is 0 Å². The molecule has 2 rings (SSSR count). The Labute approximate surface area is 116 Å². The number of nitrogens with two attached hydrogens (primary N) is 1. The fourth-order valence-electron chi connectivity index (χ4n) is 1.82. The van der Waals surface area contributed by atoms with Gasteiger partial charge in [-0.1, -0.05) is 18.7 Å². The number of rotatable bonds is 4. The fraction of sp³-hybridized carbons (Fsp3) is 0.0667. The van der Waals surface area contributed by atoms with Crippen molar-refractivity contribution in [2.45, 2.75) is 6.92 Å². The summed E-state index contributed by atoms with van der Waals surface area (Å²) in [6.45, 7) is 5.50. The molecule has 2 aromatic rings. The lowest BCUT2D eigenvalue weighted by Gasteiger charge is -2.10. The van der Waals surface area contributed by atoms with Gasteiger partial charge in [0.1, 0.15) is 0 Å². The third kappa shape index (κ3) is 2.95. The number of nitro benzene ring substituents is 1. The maximum absolute atomic E-state index is 10.7. The molecule has 0 aliphatic carbocycles. The van der Waals surface area contributed by atoms with E-state index >= 15 is 0 Å². The maximum atomic E-state index is 10.7. The van der Waals surface area contributed by atoms with Gasteiger partial charge in [0, 0.05) is 29.2 Å². The summed E-state index contributed by atoms with van der Waals surface area (Å²) < 4.78 is 0. The number of nitrogens with one attached hydrogen (secondary N) is 1. The molecule has 20 heavy (non-hydrogen) atoms. The van der Waals surface area contributed by atoms with Crippen molar-refractivity contribution < 1.29 is 4.92 Å². The average Bonchev–Trinajstić information content (AvgIpc) is 2.41. The lowest BCUT2D eigenvalue weighted by Crippen LogP contribution is -1.97. The Kier molecular flexibility index (Phi) is 3.70. The molecule has 0 aliphatic heterocycles. The van der Waals surface area contributed by atoms with Crippen LogP contribution in [0.4, 0.5) is 17.1 Å². The molecule has 0 bridgehead atoms. The molecule has 0 aromatic heterocycles. The van der Waals surface area contributed by atoms with E-state index in [1.54, 1.807) is 12.1 Å². The normalized spacial score (nSPS) is 10.1. The standard InChI is InChI=1S/C15H15N3O2/c1-10-9-14(18(19)20)7-8-15(10)17-13-5-3-12(4-6-13)11(2)16/h3-9,17H,2,16H2,1H3. The van der Waals surface area contributed by atoms with Gasteiger partial charge in [0.05, 0.1) is 4.92 Å². The molecule has 2 aromatic carbocycles. The van der Waals surface area contributed by atoms with Crippen LogP contribution in [0.15, 0.2) is 49.0 Å². The molecule has 0 fully saturated rings. The summed E-state index contributed by atoms with van der Waals surface area (Å²) in [5.41, 5.74) is 9.60. The highest BCUT2D eigenvalue weighted by Crippen LogP contribution is 2.25. The van der Waals surface area contributed by atoms with E-state index in [4.69, 9.17) is 5.73 Å². The van der Waals surface area contributed by atoms with Crippen LogP contribution in [0.25, 0.3) is 5.70 Å². The van der Waals surface area contributed by atoms with Gasteiger partial charge in [0.25, 0.3) is 5.69 Å². The summed E-state index contributed by atoms with van der Waals surface area (Å²) in [5.74, 6) is 0. The van der Waals surface area contributed by atoms with Crippen molar-refractivity contribution in [1.82, 2.24) is 0 Å². The number of non-ortho nitro benzene ring substituents is 1. The lowest BCUT2D eigenvalue weighted by molar-refractivity contribution is -0.384. The van der Waals surface area contributed by atoms with Gasteiger partial charge in [0.15, 0.2) is 0 Å². The molecule has 0 aliphatic rings. The average molecular weight is 269 g/mol. The second-order valence-electron chi connectivity index (χ2n) is 4.48. The molecular weight excluding hydrogens is 254 g/mol. The van der Waals surface area contributed by atoms with E-state index in [0.29, 0.717) is 5.70 Å². The summed E-state index contributed by atoms with van der Waals surface area (Å²) in [7, 11) is 0. The van der Waals surface area contributed by atoms with Crippen molar-refractivity contribution in [2.75, 3.05) is 5.32 Å². The molecule has 0 saturated heterocycles. The molecule has 3 N–H and O–H groups in total. The predicted molar refractivity (Wildman–Crippen MR) is 80.8 cm³/mol. The Morgan fingerprint density at radius 1 is 1.25 bits per heavy atom. The molecule has 5 heteroatoms. The maximum Gasteiger partial charge on any atom is 0.269 e. The summed E-state index contributed by atoms with van der Waals surface area (Å²) >= 11 is 0. The monoisotopic (exact) mass is 269 g/mol. The van der Waals surface area contributed by atoms with Crippen molar-refractivity contribution in [3.63, 3.8) is 0 Å². The summed E-state index contributed by atoms with van der Waals surface area (Å²) in [4.78, 5) is 10.3. The zero-order valence-electron chi connectivity index (χ0n) is 11.1. The van der Waals surface area contributed by atoms with Crippen molar-refractivity contribution in [3.05, 3.63) is 70.3 Å². The van der Waals surface area contributed by atoms with Gasteiger partial charge in [-0.05, 0) is 36.2 Å². The minimum atomic E-state index is -0.404. The van der Waals surface area contributed by atoms with E-state index in [0.717, 1.165) is 22.5 Å². The van der Waals surface area contributed by atoms with E-state index < -0.39 is 4.92 Å². The van der Waals surface area contributed by atoms with E-state index in [1.807, 2.05) is 31.2 Å². The molecule has 0 saturated carbocycles. The Bertz CT molecular complexity index is 663. The molecule has 0 radical (unpaired) electrons. The van der Waals surface area contributed by atoms with E-state index in [-0.39, 0.29) is 5.69 Å². The van der Waals surface area contributed by atoms with Crippen molar-refractivity contribution in [2.24, 2.45) is 5.73 Å². The molecule has 0 heterocycles. The molecule has 0 spiro atoms. The Morgan fingerprint density at radius 3 is 2.40 bits per heavy atom. The van der Waals surface area contributed by atoms with Crippen LogP contribution in [-0.4, -0.2) is 4.92 Å². The first kappa shape index (κ1) is 13.6. The van der Waals surface area contributed by atoms with E-state index in [9.17, 15) is 10.1 Å². The van der Waals surface area contributed by atoms with Gasteiger partial charge < -0.3 is 11.1 Å². The van der Waals surface area contributed by atoms with Crippen LogP contribution < -0.4 is 11.1 Å². The quantitative estimate of drug-likeness (QED) is 0.656. The minimum Gasteiger partial charge on any atom is -0.399 e. The number of nitrogens with zero attached hydrogens (tertiary/aromatic N) is 1. The molecule has 0 unspecified atom stereocenters. The van der Waals surface area contributed by atoms with Crippen LogP contribution in [0, 0.1) is 17.0 Å². The van der Waals surface area contributed by atoms with Crippen molar-refractivity contribution in [1.29, 1.82) is 0 Å². The molecule has 5 nitrogen and oxygen atoms in total. The summed E-state index contributed by atoms with van der Waals surface area (Å²) in [6.07, 6.45) is 0. The molecule has 102 valence electrons. The van der Waals surface area contributed by atoms with Crippen LogP contribution in [0.3, 0.4) is 0 Å². The SMILES string of the molecule is C=C(N)c1ccc(Nc2ccc([N+](=O)[O-])cc2C)cc1. The smallest absolute Gasteiger partial charge is 0.269 e. The summed E-state index contributed by atoms with van der Waals surface area (Å²) in [6, 6.07) is 12.2. The first-order chi connectivity index (χ1) is 9.47. The van der Waals surface area contributed by atoms with Crippen LogP contribution in [-0.2, 0) is 0 Å². The van der Waals surface area contributed by atoms with Gasteiger partial charge in [-0.25, -0.2) is 0 Å². The third-order valence-corrected chi connectivity index (χ3v) is 2.96. The number of hydrogen-bond acceptors (Lipinski definition) is 4. The first-order valence-electron chi connectivity index (χ1n) is 6.04. The van der Waals surface area contributed by atoms with Gasteiger partial charge in [0.2, 0.25) is 0 Å². The Balaban J connectivity index is 2.21. The highest BCUT2D eigenvalue weighted by molar-refractivity contribution is 5.68. The largest absolute Gasteiger partial charge is 0.399 e. The highest BCUT2D eigenvalue weighted by atomic mass is 16.6. The molecule has 0 atom stereocenters. The van der Waals surface area contributed by atoms with Crippen LogP contribution in [0.2, 0.25) is 0 Å². The van der Waals surface area contributed by atoms with Crippen molar-refractivity contribution in [3.8, 4) is 0 Å². The van der Waals surface area contributed by atoms with Crippen LogP contribution in [0.5, 0.6) is 0 Å². The molecule has 0 amide bonds. The Morgan fingerprint density at radius 2 is 1.90 bits per heavy atom. The van der Waals surface area contributed by atoms with Crippen LogP contribution >= 0.6 is 0 Å². The van der Waals surface area contributed by atoms with Gasteiger partial charge in [-0.2, -0.15) is 0 Å². The number of aryl methyl sites for hydroxylation is 1. The number of hydrogen-bond donors (Lipinski definition) is 2. The zero-order valence-corrected chi connectivity index (χ0v) is 11.1. The lowest BCUT2D eigenvalue weighted by atomic mass is 10.1. The van der Waals surface area contributed by atoms with Crippen molar-refractivity contribution >= 4 is 22.8 Å². The second-order valence-corrected chi connectivity index (χ2v) is 4.48. The highest BCUT2D eigenvalue weighted by Gasteiger charge is 2.08. The van der Waals surface area contributed by atoms with Crippen LogP contribution in [0.1, 0.15) is 11.1 Å². The fourth-order valence-corrected chi connectivity index (χ4v) is 1.82. The minimum absolute atomic E-state index is 0.0860. The predicted octanol–water partition coefficient (Wildman–Crippen LogP) is 3.58. The summed E-state index contributed by atoms with van der Waals surface area (Å²) in [5, 5.41) is 13.9. The van der Waals surface area contributed by atoms with E-state index in [1.165, 1.54) is 6.07 Å².